The molecule has 0 spiro atoms. The van der Waals surface area contributed by atoms with E-state index in [0.29, 0.717) is 19.6 Å². The van der Waals surface area contributed by atoms with Crippen molar-refractivity contribution in [1.29, 1.82) is 0 Å². The number of carbonyl (C=O) groups is 1. The number of esters is 1. The number of hydrogen-bond acceptors (Lipinski definition) is 4. The Bertz CT molecular complexity index is 430. The Kier molecular flexibility index (Phi) is 9.97. The molecule has 27 heavy (non-hydrogen) atoms. The highest BCUT2D eigenvalue weighted by Crippen LogP contribution is 2.38. The molecule has 0 aliphatic rings. The zero-order chi connectivity index (χ0) is 21.7. The van der Waals surface area contributed by atoms with Gasteiger partial charge < -0.3 is 13.6 Å². The van der Waals surface area contributed by atoms with E-state index in [1.54, 1.807) is 0 Å². The summed E-state index contributed by atoms with van der Waals surface area (Å²) in [6.45, 7) is 27.7. The van der Waals surface area contributed by atoms with Gasteiger partial charge >= 0.3 is 5.97 Å². The highest BCUT2D eigenvalue weighted by Gasteiger charge is 2.39. The van der Waals surface area contributed by atoms with Gasteiger partial charge in [-0.05, 0) is 56.5 Å². The summed E-state index contributed by atoms with van der Waals surface area (Å²) in [7, 11) is -3.64. The van der Waals surface area contributed by atoms with Crippen LogP contribution >= 0.6 is 0 Å². The van der Waals surface area contributed by atoms with Crippen LogP contribution in [-0.2, 0) is 18.4 Å². The van der Waals surface area contributed by atoms with Crippen LogP contribution in [0, 0.1) is 5.92 Å². The first-order chi connectivity index (χ1) is 11.9. The maximum atomic E-state index is 12.0. The molecule has 6 heteroatoms. The first-order valence-corrected chi connectivity index (χ1v) is 16.2. The Morgan fingerprint density at radius 3 is 1.48 bits per heavy atom. The molecule has 0 rings (SSSR count). The van der Waals surface area contributed by atoms with Crippen molar-refractivity contribution in [2.24, 2.45) is 5.92 Å². The fourth-order valence-electron chi connectivity index (χ4n) is 1.94. The van der Waals surface area contributed by atoms with Gasteiger partial charge in [0.2, 0.25) is 0 Å². The lowest BCUT2D eigenvalue weighted by Gasteiger charge is -2.39. The van der Waals surface area contributed by atoms with E-state index in [1.807, 2.05) is 13.8 Å². The molecular formula is C21H46O4Si2. The van der Waals surface area contributed by atoms with Crippen molar-refractivity contribution in [1.82, 2.24) is 0 Å². The quantitative estimate of drug-likeness (QED) is 0.305. The van der Waals surface area contributed by atoms with Gasteiger partial charge in [0.05, 0.1) is 6.10 Å². The van der Waals surface area contributed by atoms with E-state index in [0.717, 1.165) is 6.42 Å². The van der Waals surface area contributed by atoms with Gasteiger partial charge in [-0.2, -0.15) is 0 Å². The summed E-state index contributed by atoms with van der Waals surface area (Å²) in [6, 6.07) is 0. The topological polar surface area (TPSA) is 44.8 Å². The Morgan fingerprint density at radius 1 is 0.815 bits per heavy atom. The summed E-state index contributed by atoms with van der Waals surface area (Å²) in [5, 5.41) is 0.350. The molecule has 0 aromatic heterocycles. The second-order valence-corrected chi connectivity index (χ2v) is 20.7. The Hall–Kier alpha value is -0.176. The Balaban J connectivity index is 4.98. The minimum Gasteiger partial charge on any atom is -0.463 e. The van der Waals surface area contributed by atoms with Crippen molar-refractivity contribution in [3.8, 4) is 0 Å². The zero-order valence-corrected chi connectivity index (χ0v) is 22.1. The van der Waals surface area contributed by atoms with Crippen molar-refractivity contribution in [2.45, 2.75) is 111 Å². The van der Waals surface area contributed by atoms with E-state index < -0.39 is 16.6 Å². The number of hydrogen-bond donors (Lipinski definition) is 0. The molecule has 0 atom stereocenters. The molecule has 0 bridgehead atoms. The molecule has 0 aromatic carbocycles. The SMILES string of the molecule is CC(C)OC(=O)CCC(CO[Si](C)(C)C(C)(C)C)CO[Si](C)(C)C(C)(C)C. The van der Waals surface area contributed by atoms with Crippen LogP contribution in [0.4, 0.5) is 0 Å². The van der Waals surface area contributed by atoms with Gasteiger partial charge in [0.25, 0.3) is 0 Å². The van der Waals surface area contributed by atoms with Crippen molar-refractivity contribution < 1.29 is 18.4 Å². The smallest absolute Gasteiger partial charge is 0.306 e. The Morgan fingerprint density at radius 2 is 1.19 bits per heavy atom. The summed E-state index contributed by atoms with van der Waals surface area (Å²) < 4.78 is 18.2. The largest absolute Gasteiger partial charge is 0.463 e. The van der Waals surface area contributed by atoms with E-state index in [4.69, 9.17) is 13.6 Å². The van der Waals surface area contributed by atoms with E-state index in [-0.39, 0.29) is 28.1 Å². The van der Waals surface area contributed by atoms with Gasteiger partial charge in [0.1, 0.15) is 0 Å². The predicted octanol–water partition coefficient (Wildman–Crippen LogP) is 6.38. The molecule has 0 heterocycles. The normalized spacial score (nSPS) is 14.1. The van der Waals surface area contributed by atoms with Crippen molar-refractivity contribution in [3.05, 3.63) is 0 Å². The molecule has 0 amide bonds. The third-order valence-electron chi connectivity index (χ3n) is 6.10. The average molecular weight is 419 g/mol. The highest BCUT2D eigenvalue weighted by molar-refractivity contribution is 6.74. The molecule has 4 nitrogen and oxygen atoms in total. The molecule has 0 unspecified atom stereocenters. The second-order valence-electron chi connectivity index (χ2n) is 11.1. The van der Waals surface area contributed by atoms with Crippen LogP contribution in [0.15, 0.2) is 0 Å². The van der Waals surface area contributed by atoms with Crippen molar-refractivity contribution in [3.63, 3.8) is 0 Å². The van der Waals surface area contributed by atoms with Gasteiger partial charge in [-0.1, -0.05) is 41.5 Å². The monoisotopic (exact) mass is 418 g/mol. The fourth-order valence-corrected chi connectivity index (χ4v) is 4.11. The zero-order valence-electron chi connectivity index (χ0n) is 20.1. The molecule has 0 aliphatic heterocycles. The van der Waals surface area contributed by atoms with Crippen LogP contribution in [-0.4, -0.2) is 41.9 Å². The lowest BCUT2D eigenvalue weighted by atomic mass is 10.1. The number of carbonyl (C=O) groups excluding carboxylic acids is 1. The molecule has 162 valence electrons. The second kappa shape index (κ2) is 10.0. The summed E-state index contributed by atoms with van der Waals surface area (Å²) in [5.74, 6) is 0.0858. The summed E-state index contributed by atoms with van der Waals surface area (Å²) >= 11 is 0. The van der Waals surface area contributed by atoms with Crippen LogP contribution in [0.25, 0.3) is 0 Å². The van der Waals surface area contributed by atoms with Crippen LogP contribution in [0.3, 0.4) is 0 Å². The molecule has 0 aliphatic carbocycles. The third-order valence-corrected chi connectivity index (χ3v) is 15.1. The summed E-state index contributed by atoms with van der Waals surface area (Å²) in [5.41, 5.74) is 0. The van der Waals surface area contributed by atoms with E-state index in [9.17, 15) is 4.79 Å². The van der Waals surface area contributed by atoms with Gasteiger partial charge in [-0.3, -0.25) is 4.79 Å². The first-order valence-electron chi connectivity index (χ1n) is 10.4. The molecule has 0 aromatic rings. The van der Waals surface area contributed by atoms with E-state index >= 15 is 0 Å². The predicted molar refractivity (Wildman–Crippen MR) is 120 cm³/mol. The van der Waals surface area contributed by atoms with Gasteiger partial charge in [-0.25, -0.2) is 0 Å². The van der Waals surface area contributed by atoms with Gasteiger partial charge in [0.15, 0.2) is 16.6 Å². The third kappa shape index (κ3) is 9.72. The minimum absolute atomic E-state index is 0.0667. The minimum atomic E-state index is -1.82. The van der Waals surface area contributed by atoms with Crippen LogP contribution in [0.1, 0.15) is 68.2 Å². The molecular weight excluding hydrogens is 372 g/mol. The van der Waals surface area contributed by atoms with E-state index in [1.165, 1.54) is 0 Å². The van der Waals surface area contributed by atoms with Crippen molar-refractivity contribution in [2.75, 3.05) is 13.2 Å². The maximum absolute atomic E-state index is 12.0. The average Bonchev–Trinajstić information content (AvgIpc) is 2.43. The van der Waals surface area contributed by atoms with Crippen molar-refractivity contribution >= 4 is 22.6 Å². The summed E-state index contributed by atoms with van der Waals surface area (Å²) in [4.78, 5) is 12.0. The van der Waals surface area contributed by atoms with Crippen LogP contribution in [0.2, 0.25) is 36.3 Å². The molecule has 0 fully saturated rings. The van der Waals surface area contributed by atoms with Crippen LogP contribution in [0.5, 0.6) is 0 Å². The molecule has 0 N–H and O–H groups in total. The maximum Gasteiger partial charge on any atom is 0.306 e. The lowest BCUT2D eigenvalue weighted by Crippen LogP contribution is -2.44. The highest BCUT2D eigenvalue weighted by atomic mass is 28.4. The number of rotatable bonds is 10. The molecule has 0 saturated heterocycles. The fraction of sp³-hybridized carbons (Fsp3) is 0.952. The van der Waals surface area contributed by atoms with E-state index in [2.05, 4.69) is 67.7 Å². The van der Waals surface area contributed by atoms with Gasteiger partial charge in [-0.15, -0.1) is 0 Å². The first kappa shape index (κ1) is 26.8. The molecule has 0 radical (unpaired) electrons. The lowest BCUT2D eigenvalue weighted by molar-refractivity contribution is -0.147. The van der Waals surface area contributed by atoms with Gasteiger partial charge in [0, 0.05) is 25.6 Å². The number of ether oxygens (including phenoxy) is 1. The standard InChI is InChI=1S/C21H46O4Si2/c1-17(2)25-19(22)14-13-18(15-23-26(9,10)20(3,4)5)16-24-27(11,12)21(6,7)8/h17-18H,13-16H2,1-12H3. The Labute approximate surface area is 171 Å². The molecule has 0 saturated carbocycles. The summed E-state index contributed by atoms with van der Waals surface area (Å²) in [6.07, 6.45) is 1.10. The van der Waals surface area contributed by atoms with Crippen LogP contribution < -0.4 is 0 Å².